The third kappa shape index (κ3) is 2.57. The Kier molecular flexibility index (Phi) is 3.53. The van der Waals surface area contributed by atoms with E-state index in [1.165, 1.54) is 12.3 Å². The highest BCUT2D eigenvalue weighted by Gasteiger charge is 2.15. The van der Waals surface area contributed by atoms with Crippen molar-refractivity contribution in [2.24, 2.45) is 0 Å². The van der Waals surface area contributed by atoms with Gasteiger partial charge in [-0.3, -0.25) is 4.79 Å². The molecule has 0 fully saturated rings. The Bertz CT molecular complexity index is 816. The first-order valence-electron chi connectivity index (χ1n) is 6.30. The Morgan fingerprint density at radius 3 is 2.95 bits per heavy atom. The second kappa shape index (κ2) is 5.49. The molecule has 0 saturated heterocycles. The maximum Gasteiger partial charge on any atom is 0.258 e. The maximum atomic E-state index is 14.0. The van der Waals surface area contributed by atoms with Gasteiger partial charge < -0.3 is 10.6 Å². The van der Waals surface area contributed by atoms with Gasteiger partial charge in [-0.25, -0.2) is 9.37 Å². The zero-order valence-electron chi connectivity index (χ0n) is 11.2. The molecule has 0 atom stereocenters. The topological polar surface area (TPSA) is 54.0 Å². The van der Waals surface area contributed by atoms with E-state index >= 15 is 0 Å². The number of carbonyl (C=O) groups excluding carboxylic acids is 1. The molecule has 0 aliphatic rings. The SMILES string of the molecule is CNc1nccc(C(=O)Nc2ccc3sccc3c2)c1F. The Labute approximate surface area is 124 Å². The van der Waals surface area contributed by atoms with Crippen LogP contribution in [0.15, 0.2) is 41.9 Å². The lowest BCUT2D eigenvalue weighted by molar-refractivity contribution is 0.102. The molecule has 0 unspecified atom stereocenters. The molecule has 3 rings (SSSR count). The molecule has 0 saturated carbocycles. The summed E-state index contributed by atoms with van der Waals surface area (Å²) in [5, 5.41) is 8.34. The Morgan fingerprint density at radius 1 is 1.29 bits per heavy atom. The number of nitrogens with one attached hydrogen (secondary N) is 2. The van der Waals surface area contributed by atoms with Crippen molar-refractivity contribution in [3.8, 4) is 0 Å². The zero-order valence-corrected chi connectivity index (χ0v) is 12.0. The van der Waals surface area contributed by atoms with Crippen molar-refractivity contribution in [1.82, 2.24) is 4.98 Å². The molecule has 1 aromatic carbocycles. The number of pyridine rings is 1. The number of anilines is 2. The second-order valence-electron chi connectivity index (χ2n) is 4.40. The van der Waals surface area contributed by atoms with Gasteiger partial charge in [0.25, 0.3) is 5.91 Å². The van der Waals surface area contributed by atoms with Crippen LogP contribution in [0, 0.1) is 5.82 Å². The van der Waals surface area contributed by atoms with Crippen LogP contribution < -0.4 is 10.6 Å². The van der Waals surface area contributed by atoms with Crippen LogP contribution in [0.3, 0.4) is 0 Å². The van der Waals surface area contributed by atoms with Crippen molar-refractivity contribution in [2.75, 3.05) is 17.7 Å². The highest BCUT2D eigenvalue weighted by atomic mass is 32.1. The van der Waals surface area contributed by atoms with Gasteiger partial charge in [-0.2, -0.15) is 0 Å². The van der Waals surface area contributed by atoms with Crippen molar-refractivity contribution in [1.29, 1.82) is 0 Å². The molecule has 106 valence electrons. The summed E-state index contributed by atoms with van der Waals surface area (Å²) < 4.78 is 15.2. The molecule has 0 bridgehead atoms. The van der Waals surface area contributed by atoms with Crippen LogP contribution in [-0.4, -0.2) is 17.9 Å². The quantitative estimate of drug-likeness (QED) is 0.775. The standard InChI is InChI=1S/C15H12FN3OS/c1-17-14-13(16)11(4-6-18-14)15(20)19-10-2-3-12-9(8-10)5-7-21-12/h2-8H,1H3,(H,17,18)(H,19,20). The number of carbonyl (C=O) groups is 1. The predicted molar refractivity (Wildman–Crippen MR) is 83.5 cm³/mol. The lowest BCUT2D eigenvalue weighted by Gasteiger charge is -2.08. The van der Waals surface area contributed by atoms with Crippen molar-refractivity contribution >= 4 is 38.8 Å². The predicted octanol–water partition coefficient (Wildman–Crippen LogP) is 3.73. The van der Waals surface area contributed by atoms with E-state index in [-0.39, 0.29) is 11.4 Å². The first-order chi connectivity index (χ1) is 10.2. The fraction of sp³-hybridized carbons (Fsp3) is 0.0667. The zero-order chi connectivity index (χ0) is 14.8. The average molecular weight is 301 g/mol. The first kappa shape index (κ1) is 13.5. The molecule has 21 heavy (non-hydrogen) atoms. The summed E-state index contributed by atoms with van der Waals surface area (Å²) in [6.45, 7) is 0. The van der Waals surface area contributed by atoms with Gasteiger partial charge in [-0.05, 0) is 41.1 Å². The first-order valence-corrected chi connectivity index (χ1v) is 7.18. The summed E-state index contributed by atoms with van der Waals surface area (Å²) in [7, 11) is 1.55. The maximum absolute atomic E-state index is 14.0. The minimum Gasteiger partial charge on any atom is -0.371 e. The van der Waals surface area contributed by atoms with Crippen molar-refractivity contribution in [3.63, 3.8) is 0 Å². The molecule has 4 nitrogen and oxygen atoms in total. The van der Waals surface area contributed by atoms with Crippen LogP contribution in [0.4, 0.5) is 15.9 Å². The summed E-state index contributed by atoms with van der Waals surface area (Å²) in [6, 6.07) is 8.92. The molecule has 3 aromatic rings. The second-order valence-corrected chi connectivity index (χ2v) is 5.35. The number of rotatable bonds is 3. The van der Waals surface area contributed by atoms with Gasteiger partial charge >= 0.3 is 0 Å². The highest BCUT2D eigenvalue weighted by Crippen LogP contribution is 2.24. The van der Waals surface area contributed by atoms with Crippen LogP contribution in [0.2, 0.25) is 0 Å². The summed E-state index contributed by atoms with van der Waals surface area (Å²) >= 11 is 1.63. The normalized spacial score (nSPS) is 10.6. The van der Waals surface area contributed by atoms with E-state index in [9.17, 15) is 9.18 Å². The summed E-state index contributed by atoms with van der Waals surface area (Å²) in [5.74, 6) is -1.11. The molecule has 2 N–H and O–H groups in total. The molecule has 0 aliphatic carbocycles. The van der Waals surface area contributed by atoms with E-state index in [1.807, 2.05) is 23.6 Å². The minimum absolute atomic E-state index is 0.0419. The third-order valence-electron chi connectivity index (χ3n) is 3.08. The Balaban J connectivity index is 1.89. The Hall–Kier alpha value is -2.47. The van der Waals surface area contributed by atoms with Crippen molar-refractivity contribution in [3.05, 3.63) is 53.3 Å². The molecule has 1 amide bonds. The van der Waals surface area contributed by atoms with Crippen LogP contribution in [0.5, 0.6) is 0 Å². The molecule has 6 heteroatoms. The van der Waals surface area contributed by atoms with Crippen LogP contribution in [0.1, 0.15) is 10.4 Å². The molecule has 2 aromatic heterocycles. The molecular weight excluding hydrogens is 289 g/mol. The minimum atomic E-state index is -0.658. The molecule has 0 spiro atoms. The third-order valence-corrected chi connectivity index (χ3v) is 3.98. The summed E-state index contributed by atoms with van der Waals surface area (Å²) in [5.41, 5.74) is 0.591. The van der Waals surface area contributed by atoms with Gasteiger partial charge in [0.05, 0.1) is 5.56 Å². The number of amides is 1. The van der Waals surface area contributed by atoms with Crippen molar-refractivity contribution in [2.45, 2.75) is 0 Å². The lowest BCUT2D eigenvalue weighted by Crippen LogP contribution is -2.15. The van der Waals surface area contributed by atoms with E-state index < -0.39 is 11.7 Å². The number of hydrogen-bond acceptors (Lipinski definition) is 4. The number of halogens is 1. The van der Waals surface area contributed by atoms with Gasteiger partial charge in [0.2, 0.25) is 0 Å². The number of nitrogens with zero attached hydrogens (tertiary/aromatic N) is 1. The van der Waals surface area contributed by atoms with E-state index in [1.54, 1.807) is 24.5 Å². The van der Waals surface area contributed by atoms with Gasteiger partial charge in [0.15, 0.2) is 11.6 Å². The monoisotopic (exact) mass is 301 g/mol. The van der Waals surface area contributed by atoms with E-state index in [4.69, 9.17) is 0 Å². The van der Waals surface area contributed by atoms with E-state index in [2.05, 4.69) is 15.6 Å². The van der Waals surface area contributed by atoms with Crippen LogP contribution in [0.25, 0.3) is 10.1 Å². The number of thiophene rings is 1. The molecule has 2 heterocycles. The Morgan fingerprint density at radius 2 is 2.14 bits per heavy atom. The smallest absolute Gasteiger partial charge is 0.258 e. The van der Waals surface area contributed by atoms with Gasteiger partial charge in [-0.1, -0.05) is 0 Å². The van der Waals surface area contributed by atoms with Crippen LogP contribution >= 0.6 is 11.3 Å². The van der Waals surface area contributed by atoms with Gasteiger partial charge in [0, 0.05) is 23.6 Å². The summed E-state index contributed by atoms with van der Waals surface area (Å²) in [6.07, 6.45) is 1.39. The van der Waals surface area contributed by atoms with Crippen LogP contribution in [-0.2, 0) is 0 Å². The largest absolute Gasteiger partial charge is 0.371 e. The average Bonchev–Trinajstić information content (AvgIpc) is 2.95. The van der Waals surface area contributed by atoms with Crippen molar-refractivity contribution < 1.29 is 9.18 Å². The number of aromatic nitrogens is 1. The number of hydrogen-bond donors (Lipinski definition) is 2. The lowest BCUT2D eigenvalue weighted by atomic mass is 10.2. The molecule has 0 radical (unpaired) electrons. The fourth-order valence-corrected chi connectivity index (χ4v) is 2.81. The highest BCUT2D eigenvalue weighted by molar-refractivity contribution is 7.17. The van der Waals surface area contributed by atoms with Gasteiger partial charge in [0.1, 0.15) is 0 Å². The number of fused-ring (bicyclic) bond motifs is 1. The number of benzene rings is 1. The van der Waals surface area contributed by atoms with E-state index in [0.29, 0.717) is 5.69 Å². The summed E-state index contributed by atoms with van der Waals surface area (Å²) in [4.78, 5) is 16.0. The van der Waals surface area contributed by atoms with Gasteiger partial charge in [-0.15, -0.1) is 11.3 Å². The molecular formula is C15H12FN3OS. The fourth-order valence-electron chi connectivity index (χ4n) is 2.04. The van der Waals surface area contributed by atoms with E-state index in [0.717, 1.165) is 10.1 Å². The molecule has 0 aliphatic heterocycles.